The van der Waals surface area contributed by atoms with E-state index in [0.717, 1.165) is 24.4 Å². The van der Waals surface area contributed by atoms with Crippen LogP contribution in [0.1, 0.15) is 39.1 Å². The van der Waals surface area contributed by atoms with E-state index < -0.39 is 17.2 Å². The molecular formula is C15H26N4O3. The van der Waals surface area contributed by atoms with Crippen LogP contribution in [0, 0.1) is 0 Å². The maximum Gasteiger partial charge on any atom is 0.407 e. The van der Waals surface area contributed by atoms with E-state index in [9.17, 15) is 4.79 Å². The zero-order valence-corrected chi connectivity index (χ0v) is 13.8. The molecule has 1 unspecified atom stereocenters. The number of rotatable bonds is 5. The lowest BCUT2D eigenvalue weighted by Gasteiger charge is -2.37. The van der Waals surface area contributed by atoms with Gasteiger partial charge in [0.05, 0.1) is 18.6 Å². The van der Waals surface area contributed by atoms with Crippen LogP contribution >= 0.6 is 0 Å². The van der Waals surface area contributed by atoms with Gasteiger partial charge in [-0.2, -0.15) is 0 Å². The fourth-order valence-corrected chi connectivity index (χ4v) is 2.56. The number of amides is 1. The molecule has 1 aromatic heterocycles. The Morgan fingerprint density at radius 3 is 2.95 bits per heavy atom. The predicted molar refractivity (Wildman–Crippen MR) is 82.7 cm³/mol. The Kier molecular flexibility index (Phi) is 5.08. The smallest absolute Gasteiger partial charge is 0.407 e. The van der Waals surface area contributed by atoms with Gasteiger partial charge in [-0.25, -0.2) is 9.78 Å². The normalized spacial score (nSPS) is 21.3. The second kappa shape index (κ2) is 6.66. The minimum atomic E-state index is -0.527. The van der Waals surface area contributed by atoms with E-state index in [1.807, 2.05) is 27.7 Å². The van der Waals surface area contributed by atoms with Crippen LogP contribution in [0.5, 0.6) is 0 Å². The molecule has 0 aromatic carbocycles. The predicted octanol–water partition coefficient (Wildman–Crippen LogP) is 1.31. The number of fused-ring (bicyclic) bond motifs is 1. The summed E-state index contributed by atoms with van der Waals surface area (Å²) in [5.41, 5.74) is 0.947. The molecule has 2 rings (SSSR count). The van der Waals surface area contributed by atoms with Crippen molar-refractivity contribution in [1.82, 2.24) is 20.6 Å². The fourth-order valence-electron chi connectivity index (χ4n) is 2.56. The van der Waals surface area contributed by atoms with E-state index in [2.05, 4.69) is 20.6 Å². The molecule has 1 aliphatic rings. The van der Waals surface area contributed by atoms with Crippen LogP contribution in [-0.4, -0.2) is 48.0 Å². The number of hydrogen-bond donors (Lipinski definition) is 3. The molecule has 0 radical (unpaired) electrons. The van der Waals surface area contributed by atoms with Crippen molar-refractivity contribution in [2.45, 2.75) is 45.3 Å². The zero-order chi connectivity index (χ0) is 16.2. The quantitative estimate of drug-likeness (QED) is 0.763. The lowest BCUT2D eigenvalue weighted by Crippen LogP contribution is -2.57. The van der Waals surface area contributed by atoms with E-state index >= 15 is 0 Å². The summed E-state index contributed by atoms with van der Waals surface area (Å²) >= 11 is 0. The first-order valence-corrected chi connectivity index (χ1v) is 7.69. The summed E-state index contributed by atoms with van der Waals surface area (Å²) in [6.07, 6.45) is 2.13. The van der Waals surface area contributed by atoms with Crippen molar-refractivity contribution in [2.24, 2.45) is 0 Å². The highest BCUT2D eigenvalue weighted by atomic mass is 16.6. The summed E-state index contributed by atoms with van der Waals surface area (Å²) in [7, 11) is 0. The molecular weight excluding hydrogens is 284 g/mol. The highest BCUT2D eigenvalue weighted by Crippen LogP contribution is 2.26. The van der Waals surface area contributed by atoms with Crippen LogP contribution in [-0.2, 0) is 21.4 Å². The third-order valence-electron chi connectivity index (χ3n) is 3.50. The van der Waals surface area contributed by atoms with Gasteiger partial charge in [0.2, 0.25) is 0 Å². The Morgan fingerprint density at radius 1 is 1.50 bits per heavy atom. The Balaban J connectivity index is 2.10. The SMILES string of the molecule is CCOCC1(CNC(=O)OC(C)(C)C)NCCc2[nH]cnc21. The molecule has 2 heterocycles. The number of carbonyl (C=O) groups is 1. The van der Waals surface area contributed by atoms with E-state index in [-0.39, 0.29) is 0 Å². The molecule has 0 bridgehead atoms. The second-order valence-corrected chi connectivity index (χ2v) is 6.48. The zero-order valence-electron chi connectivity index (χ0n) is 13.8. The molecule has 1 amide bonds. The van der Waals surface area contributed by atoms with Crippen LogP contribution in [0.25, 0.3) is 0 Å². The molecule has 1 atom stereocenters. The maximum absolute atomic E-state index is 11.9. The summed E-state index contributed by atoms with van der Waals surface area (Å²) < 4.78 is 10.9. The first kappa shape index (κ1) is 16.8. The van der Waals surface area contributed by atoms with Crippen LogP contribution in [0.2, 0.25) is 0 Å². The lowest BCUT2D eigenvalue weighted by molar-refractivity contribution is 0.0425. The standard InChI is InChI=1S/C15H26N4O3/c1-5-21-9-15(8-16-13(20)22-14(2,3)4)12-11(6-7-19-15)17-10-18-12/h10,19H,5-9H2,1-4H3,(H,16,20)(H,17,18). The lowest BCUT2D eigenvalue weighted by atomic mass is 9.90. The number of aromatic nitrogens is 2. The molecule has 1 aromatic rings. The minimum absolute atomic E-state index is 0.361. The first-order valence-electron chi connectivity index (χ1n) is 7.69. The van der Waals surface area contributed by atoms with E-state index in [4.69, 9.17) is 9.47 Å². The van der Waals surface area contributed by atoms with Gasteiger partial charge in [-0.05, 0) is 27.7 Å². The Labute approximate surface area is 131 Å². The van der Waals surface area contributed by atoms with Crippen LogP contribution in [0.3, 0.4) is 0 Å². The van der Waals surface area contributed by atoms with Crippen LogP contribution in [0.4, 0.5) is 4.79 Å². The van der Waals surface area contributed by atoms with Crippen LogP contribution < -0.4 is 10.6 Å². The van der Waals surface area contributed by atoms with Crippen molar-refractivity contribution >= 4 is 6.09 Å². The molecule has 1 aliphatic heterocycles. The Hall–Kier alpha value is -1.60. The van der Waals surface area contributed by atoms with Gasteiger partial charge in [0.1, 0.15) is 11.1 Å². The molecule has 0 saturated heterocycles. The molecule has 7 nitrogen and oxygen atoms in total. The Morgan fingerprint density at radius 2 is 2.27 bits per heavy atom. The second-order valence-electron chi connectivity index (χ2n) is 6.48. The Bertz CT molecular complexity index is 509. The number of nitrogens with one attached hydrogen (secondary N) is 3. The monoisotopic (exact) mass is 310 g/mol. The highest BCUT2D eigenvalue weighted by molar-refractivity contribution is 5.67. The molecule has 3 N–H and O–H groups in total. The van der Waals surface area contributed by atoms with Gasteiger partial charge in [0.25, 0.3) is 0 Å². The maximum atomic E-state index is 11.9. The van der Waals surface area contributed by atoms with Gasteiger partial charge in [-0.15, -0.1) is 0 Å². The third-order valence-corrected chi connectivity index (χ3v) is 3.50. The van der Waals surface area contributed by atoms with Crippen molar-refractivity contribution in [1.29, 1.82) is 0 Å². The largest absolute Gasteiger partial charge is 0.444 e. The molecule has 22 heavy (non-hydrogen) atoms. The van der Waals surface area contributed by atoms with Gasteiger partial charge in [-0.1, -0.05) is 0 Å². The van der Waals surface area contributed by atoms with Gasteiger partial charge in [-0.3, -0.25) is 0 Å². The number of nitrogens with zero attached hydrogens (tertiary/aromatic N) is 1. The minimum Gasteiger partial charge on any atom is -0.444 e. The topological polar surface area (TPSA) is 88.3 Å². The van der Waals surface area contributed by atoms with E-state index in [1.165, 1.54) is 0 Å². The molecule has 0 fully saturated rings. The van der Waals surface area contributed by atoms with E-state index in [1.54, 1.807) is 6.33 Å². The average Bonchev–Trinajstić information content (AvgIpc) is 2.91. The summed E-state index contributed by atoms with van der Waals surface area (Å²) in [5, 5.41) is 6.28. The number of hydrogen-bond acceptors (Lipinski definition) is 5. The fraction of sp³-hybridized carbons (Fsp3) is 0.733. The molecule has 0 saturated carbocycles. The summed E-state index contributed by atoms with van der Waals surface area (Å²) in [5.74, 6) is 0. The van der Waals surface area contributed by atoms with Crippen molar-refractivity contribution in [3.63, 3.8) is 0 Å². The number of imidazole rings is 1. The number of alkyl carbamates (subject to hydrolysis) is 1. The number of ether oxygens (including phenoxy) is 2. The third kappa shape index (κ3) is 3.98. The molecule has 0 spiro atoms. The van der Waals surface area contributed by atoms with Crippen molar-refractivity contribution in [2.75, 3.05) is 26.3 Å². The number of aromatic amines is 1. The molecule has 0 aliphatic carbocycles. The van der Waals surface area contributed by atoms with Crippen LogP contribution in [0.15, 0.2) is 6.33 Å². The van der Waals surface area contributed by atoms with Crippen molar-refractivity contribution < 1.29 is 14.3 Å². The highest BCUT2D eigenvalue weighted by Gasteiger charge is 2.39. The summed E-state index contributed by atoms with van der Waals surface area (Å²) in [6.45, 7) is 9.68. The first-order chi connectivity index (χ1) is 10.4. The van der Waals surface area contributed by atoms with Gasteiger partial charge in [0, 0.05) is 31.8 Å². The summed E-state index contributed by atoms with van der Waals surface area (Å²) in [4.78, 5) is 19.5. The van der Waals surface area contributed by atoms with E-state index in [0.29, 0.717) is 19.8 Å². The number of H-pyrrole nitrogens is 1. The average molecular weight is 310 g/mol. The van der Waals surface area contributed by atoms with Gasteiger partial charge < -0.3 is 25.1 Å². The van der Waals surface area contributed by atoms with Gasteiger partial charge in [0.15, 0.2) is 0 Å². The number of carbonyl (C=O) groups excluding carboxylic acids is 1. The molecule has 124 valence electrons. The summed E-state index contributed by atoms with van der Waals surface area (Å²) in [6, 6.07) is 0. The van der Waals surface area contributed by atoms with Crippen molar-refractivity contribution in [3.8, 4) is 0 Å². The van der Waals surface area contributed by atoms with Gasteiger partial charge >= 0.3 is 6.09 Å². The van der Waals surface area contributed by atoms with Crippen molar-refractivity contribution in [3.05, 3.63) is 17.7 Å². The molecule has 7 heteroatoms.